The second-order valence-electron chi connectivity index (χ2n) is 5.67. The van der Waals surface area contributed by atoms with Gasteiger partial charge < -0.3 is 16.2 Å². The lowest BCUT2D eigenvalue weighted by Gasteiger charge is -2.32. The molecule has 0 saturated heterocycles. The number of aliphatic hydroxyl groups is 1. The molecule has 4 N–H and O–H groups in total. The summed E-state index contributed by atoms with van der Waals surface area (Å²) in [6.45, 7) is 8.68. The van der Waals surface area contributed by atoms with Crippen LogP contribution in [0.5, 0.6) is 0 Å². The second-order valence-corrected chi connectivity index (χ2v) is 5.67. The van der Waals surface area contributed by atoms with Gasteiger partial charge in [0.15, 0.2) is 0 Å². The Morgan fingerprint density at radius 3 is 2.47 bits per heavy atom. The monoisotopic (exact) mass is 236 g/mol. The molecule has 1 atom stereocenters. The fourth-order valence-corrected chi connectivity index (χ4v) is 1.85. The Hall–Kier alpha value is -1.22. The van der Waals surface area contributed by atoms with Crippen molar-refractivity contribution in [1.29, 1.82) is 0 Å². The number of nitrogen functional groups attached to an aromatic ring is 1. The van der Waals surface area contributed by atoms with Gasteiger partial charge in [-0.15, -0.1) is 0 Å². The summed E-state index contributed by atoms with van der Waals surface area (Å²) >= 11 is 0. The Labute approximate surface area is 104 Å². The molecule has 1 aromatic carbocycles. The van der Waals surface area contributed by atoms with E-state index in [2.05, 4.69) is 26.1 Å². The highest BCUT2D eigenvalue weighted by Gasteiger charge is 2.24. The van der Waals surface area contributed by atoms with Crippen LogP contribution < -0.4 is 11.1 Å². The molecule has 0 aromatic heterocycles. The summed E-state index contributed by atoms with van der Waals surface area (Å²) in [5.41, 5.74) is 8.93. The first-order valence-electron chi connectivity index (χ1n) is 6.08. The molecule has 3 nitrogen and oxygen atoms in total. The van der Waals surface area contributed by atoms with Crippen molar-refractivity contribution < 1.29 is 5.11 Å². The Morgan fingerprint density at radius 1 is 1.35 bits per heavy atom. The van der Waals surface area contributed by atoms with Crippen LogP contribution >= 0.6 is 0 Å². The van der Waals surface area contributed by atoms with Crippen molar-refractivity contribution in [3.05, 3.63) is 23.8 Å². The molecule has 0 saturated carbocycles. The van der Waals surface area contributed by atoms with E-state index in [-0.39, 0.29) is 18.1 Å². The molecule has 0 fully saturated rings. The minimum Gasteiger partial charge on any atom is -0.397 e. The third-order valence-corrected chi connectivity index (χ3v) is 3.00. The Bertz CT molecular complexity index is 369. The fourth-order valence-electron chi connectivity index (χ4n) is 1.85. The predicted octanol–water partition coefficient (Wildman–Crippen LogP) is 2.79. The van der Waals surface area contributed by atoms with Gasteiger partial charge in [0.2, 0.25) is 0 Å². The number of aliphatic hydroxyl groups excluding tert-OH is 1. The maximum atomic E-state index is 9.12. The molecule has 0 aliphatic heterocycles. The number of nitrogens with two attached hydrogens (primary N) is 1. The highest BCUT2D eigenvalue weighted by atomic mass is 16.3. The number of anilines is 2. The lowest BCUT2D eigenvalue weighted by Crippen LogP contribution is -2.35. The highest BCUT2D eigenvalue weighted by molar-refractivity contribution is 5.67. The maximum Gasteiger partial charge on any atom is 0.0576 e. The van der Waals surface area contributed by atoms with Gasteiger partial charge in [0.25, 0.3) is 0 Å². The van der Waals surface area contributed by atoms with Gasteiger partial charge in [0.1, 0.15) is 0 Å². The van der Waals surface area contributed by atoms with Crippen molar-refractivity contribution >= 4 is 11.4 Å². The quantitative estimate of drug-likeness (QED) is 0.705. The van der Waals surface area contributed by atoms with Gasteiger partial charge >= 0.3 is 0 Å². The number of nitrogens with one attached hydrogen (secondary N) is 1. The summed E-state index contributed by atoms with van der Waals surface area (Å²) in [7, 11) is 0. The SMILES string of the molecule is Cc1ccc(NC(CCO)C(C)(C)C)c(N)c1. The average Bonchev–Trinajstić information content (AvgIpc) is 2.19. The average molecular weight is 236 g/mol. The molecule has 0 aliphatic carbocycles. The van der Waals surface area contributed by atoms with Crippen molar-refractivity contribution in [2.45, 2.75) is 40.2 Å². The molecule has 0 aliphatic rings. The molecule has 3 heteroatoms. The van der Waals surface area contributed by atoms with Gasteiger partial charge in [0, 0.05) is 12.6 Å². The minimum atomic E-state index is 0.0834. The molecular formula is C14H24N2O. The normalized spacial score (nSPS) is 13.5. The van der Waals surface area contributed by atoms with Gasteiger partial charge in [-0.25, -0.2) is 0 Å². The van der Waals surface area contributed by atoms with Crippen molar-refractivity contribution in [2.24, 2.45) is 5.41 Å². The lowest BCUT2D eigenvalue weighted by atomic mass is 9.84. The van der Waals surface area contributed by atoms with Gasteiger partial charge in [-0.2, -0.15) is 0 Å². The van der Waals surface area contributed by atoms with E-state index in [0.717, 1.165) is 23.4 Å². The van der Waals surface area contributed by atoms with Crippen LogP contribution in [-0.2, 0) is 0 Å². The van der Waals surface area contributed by atoms with E-state index in [9.17, 15) is 0 Å². The molecule has 0 amide bonds. The zero-order chi connectivity index (χ0) is 13.1. The number of rotatable bonds is 4. The van der Waals surface area contributed by atoms with E-state index in [0.29, 0.717) is 0 Å². The van der Waals surface area contributed by atoms with E-state index in [1.165, 1.54) is 0 Å². The largest absolute Gasteiger partial charge is 0.397 e. The Morgan fingerprint density at radius 2 is 2.00 bits per heavy atom. The van der Waals surface area contributed by atoms with Crippen molar-refractivity contribution in [2.75, 3.05) is 17.7 Å². The number of aryl methyl sites for hydroxylation is 1. The van der Waals surface area contributed by atoms with Gasteiger partial charge in [-0.1, -0.05) is 26.8 Å². The summed E-state index contributed by atoms with van der Waals surface area (Å²) < 4.78 is 0. The molecule has 96 valence electrons. The van der Waals surface area contributed by atoms with Crippen molar-refractivity contribution in [3.63, 3.8) is 0 Å². The first-order chi connectivity index (χ1) is 7.84. The van der Waals surface area contributed by atoms with Crippen LogP contribution in [0.15, 0.2) is 18.2 Å². The molecule has 0 heterocycles. The Balaban J connectivity index is 2.86. The summed E-state index contributed by atoms with van der Waals surface area (Å²) in [6, 6.07) is 6.21. The van der Waals surface area contributed by atoms with Gasteiger partial charge in [-0.3, -0.25) is 0 Å². The van der Waals surface area contributed by atoms with Crippen LogP contribution in [0.4, 0.5) is 11.4 Å². The zero-order valence-electron chi connectivity index (χ0n) is 11.2. The molecule has 0 radical (unpaired) electrons. The highest BCUT2D eigenvalue weighted by Crippen LogP contribution is 2.28. The minimum absolute atomic E-state index is 0.0834. The maximum absolute atomic E-state index is 9.12. The van der Waals surface area contributed by atoms with Gasteiger partial charge in [-0.05, 0) is 36.5 Å². The van der Waals surface area contributed by atoms with E-state index >= 15 is 0 Å². The summed E-state index contributed by atoms with van der Waals surface area (Å²) in [4.78, 5) is 0. The molecule has 17 heavy (non-hydrogen) atoms. The van der Waals surface area contributed by atoms with E-state index in [4.69, 9.17) is 10.8 Å². The number of benzene rings is 1. The topological polar surface area (TPSA) is 58.3 Å². The molecule has 1 rings (SSSR count). The van der Waals surface area contributed by atoms with Crippen LogP contribution in [0.1, 0.15) is 32.8 Å². The van der Waals surface area contributed by atoms with E-state index in [1.54, 1.807) is 0 Å². The van der Waals surface area contributed by atoms with Gasteiger partial charge in [0.05, 0.1) is 11.4 Å². The number of hydrogen-bond acceptors (Lipinski definition) is 3. The van der Waals surface area contributed by atoms with Crippen LogP contribution in [0, 0.1) is 12.3 Å². The Kier molecular flexibility index (Phi) is 4.40. The lowest BCUT2D eigenvalue weighted by molar-refractivity contribution is 0.235. The third kappa shape index (κ3) is 3.93. The third-order valence-electron chi connectivity index (χ3n) is 3.00. The smallest absolute Gasteiger partial charge is 0.0576 e. The van der Waals surface area contributed by atoms with Crippen LogP contribution in [0.25, 0.3) is 0 Å². The van der Waals surface area contributed by atoms with Crippen molar-refractivity contribution in [1.82, 2.24) is 0 Å². The standard InChI is InChI=1S/C14H24N2O/c1-10-5-6-12(11(15)9-10)16-13(7-8-17)14(2,3)4/h5-6,9,13,16-17H,7-8,15H2,1-4H3. The van der Waals surface area contributed by atoms with E-state index < -0.39 is 0 Å². The fraction of sp³-hybridized carbons (Fsp3) is 0.571. The van der Waals surface area contributed by atoms with Crippen LogP contribution in [-0.4, -0.2) is 17.8 Å². The summed E-state index contributed by atoms with van der Waals surface area (Å²) in [6.07, 6.45) is 0.719. The number of hydrogen-bond donors (Lipinski definition) is 3. The van der Waals surface area contributed by atoms with Crippen LogP contribution in [0.3, 0.4) is 0 Å². The predicted molar refractivity (Wildman–Crippen MR) is 74.2 cm³/mol. The first-order valence-corrected chi connectivity index (χ1v) is 6.08. The van der Waals surface area contributed by atoms with E-state index in [1.807, 2.05) is 25.1 Å². The zero-order valence-corrected chi connectivity index (χ0v) is 11.2. The molecule has 1 unspecified atom stereocenters. The summed E-state index contributed by atoms with van der Waals surface area (Å²) in [5, 5.41) is 12.6. The van der Waals surface area contributed by atoms with Crippen LogP contribution in [0.2, 0.25) is 0 Å². The van der Waals surface area contributed by atoms with Crippen molar-refractivity contribution in [3.8, 4) is 0 Å². The molecule has 1 aromatic rings. The molecule has 0 bridgehead atoms. The first kappa shape index (κ1) is 13.8. The molecular weight excluding hydrogens is 212 g/mol. The second kappa shape index (κ2) is 5.41. The summed E-state index contributed by atoms with van der Waals surface area (Å²) in [5.74, 6) is 0. The molecule has 0 spiro atoms.